The van der Waals surface area contributed by atoms with Crippen LogP contribution in [-0.4, -0.2) is 44.3 Å². The fourth-order valence-electron chi connectivity index (χ4n) is 1.64. The van der Waals surface area contributed by atoms with E-state index in [9.17, 15) is 5.11 Å². The van der Waals surface area contributed by atoms with Crippen molar-refractivity contribution >= 4 is 0 Å². The molecular formula is C12H18O5. The van der Waals surface area contributed by atoms with Gasteiger partial charge < -0.3 is 24.4 Å². The zero-order valence-corrected chi connectivity index (χ0v) is 10.2. The molecule has 1 aromatic carbocycles. The quantitative estimate of drug-likeness (QED) is 0.770. The summed E-state index contributed by atoms with van der Waals surface area (Å²) >= 11 is 0. The summed E-state index contributed by atoms with van der Waals surface area (Å²) in [6.07, 6.45) is -1.57. The zero-order chi connectivity index (χ0) is 12.8. The molecular weight excluding hydrogens is 224 g/mol. The Hall–Kier alpha value is -1.30. The average molecular weight is 242 g/mol. The molecule has 0 aliphatic heterocycles. The first-order valence-corrected chi connectivity index (χ1v) is 5.21. The number of hydrogen-bond acceptors (Lipinski definition) is 5. The Balaban J connectivity index is 3.04. The molecule has 0 heterocycles. The zero-order valence-electron chi connectivity index (χ0n) is 10.2. The molecule has 2 N–H and O–H groups in total. The predicted molar refractivity (Wildman–Crippen MR) is 62.4 cm³/mol. The fourth-order valence-corrected chi connectivity index (χ4v) is 1.64. The Morgan fingerprint density at radius 1 is 1.12 bits per heavy atom. The van der Waals surface area contributed by atoms with Crippen LogP contribution in [0.3, 0.4) is 0 Å². The second-order valence-corrected chi connectivity index (χ2v) is 3.52. The van der Waals surface area contributed by atoms with Gasteiger partial charge in [-0.25, -0.2) is 0 Å². The summed E-state index contributed by atoms with van der Waals surface area (Å²) in [5.74, 6) is 1.15. The van der Waals surface area contributed by atoms with Crippen molar-refractivity contribution in [1.82, 2.24) is 0 Å². The van der Waals surface area contributed by atoms with E-state index in [0.717, 1.165) is 0 Å². The van der Waals surface area contributed by atoms with Crippen LogP contribution in [0.1, 0.15) is 11.7 Å². The third-order valence-electron chi connectivity index (χ3n) is 2.53. The number of aliphatic hydroxyl groups is 2. The summed E-state index contributed by atoms with van der Waals surface area (Å²) in [7, 11) is 4.56. The number of hydrogen-bond donors (Lipinski definition) is 2. The SMILES string of the molecule is COc1ccc([C@H](OC)[C@H](O)CO)cc1OC. The molecule has 5 heteroatoms. The molecule has 0 radical (unpaired) electrons. The van der Waals surface area contributed by atoms with Gasteiger partial charge in [-0.2, -0.15) is 0 Å². The monoisotopic (exact) mass is 242 g/mol. The molecule has 0 saturated carbocycles. The van der Waals surface area contributed by atoms with Crippen LogP contribution >= 0.6 is 0 Å². The number of rotatable bonds is 6. The van der Waals surface area contributed by atoms with Crippen LogP contribution in [0.4, 0.5) is 0 Å². The Morgan fingerprint density at radius 3 is 2.24 bits per heavy atom. The van der Waals surface area contributed by atoms with E-state index in [1.54, 1.807) is 25.3 Å². The van der Waals surface area contributed by atoms with Gasteiger partial charge in [0.2, 0.25) is 0 Å². The molecule has 17 heavy (non-hydrogen) atoms. The first-order chi connectivity index (χ1) is 8.17. The van der Waals surface area contributed by atoms with Gasteiger partial charge in [-0.1, -0.05) is 6.07 Å². The maximum atomic E-state index is 9.61. The minimum Gasteiger partial charge on any atom is -0.493 e. The van der Waals surface area contributed by atoms with Gasteiger partial charge >= 0.3 is 0 Å². The molecule has 1 aromatic rings. The lowest BCUT2D eigenvalue weighted by Gasteiger charge is -2.21. The van der Waals surface area contributed by atoms with Gasteiger partial charge in [-0.15, -0.1) is 0 Å². The minimum atomic E-state index is -0.974. The Kier molecular flexibility index (Phi) is 5.21. The maximum absolute atomic E-state index is 9.61. The van der Waals surface area contributed by atoms with Crippen LogP contribution in [0.2, 0.25) is 0 Å². The first kappa shape index (κ1) is 13.8. The van der Waals surface area contributed by atoms with Crippen LogP contribution < -0.4 is 9.47 Å². The van der Waals surface area contributed by atoms with Crippen molar-refractivity contribution in [3.05, 3.63) is 23.8 Å². The minimum absolute atomic E-state index is 0.368. The van der Waals surface area contributed by atoms with Crippen LogP contribution in [0.5, 0.6) is 11.5 Å². The van der Waals surface area contributed by atoms with Crippen LogP contribution in [0.25, 0.3) is 0 Å². The van der Waals surface area contributed by atoms with Crippen LogP contribution in [0, 0.1) is 0 Å². The van der Waals surface area contributed by atoms with E-state index in [0.29, 0.717) is 17.1 Å². The van der Waals surface area contributed by atoms with Gasteiger partial charge in [0.1, 0.15) is 12.2 Å². The van der Waals surface area contributed by atoms with E-state index < -0.39 is 12.2 Å². The van der Waals surface area contributed by atoms with E-state index >= 15 is 0 Å². The normalized spacial score (nSPS) is 14.2. The summed E-state index contributed by atoms with van der Waals surface area (Å²) in [4.78, 5) is 0. The molecule has 0 fully saturated rings. The Morgan fingerprint density at radius 2 is 1.76 bits per heavy atom. The van der Waals surface area contributed by atoms with Crippen LogP contribution in [-0.2, 0) is 4.74 Å². The van der Waals surface area contributed by atoms with E-state index in [-0.39, 0.29) is 6.61 Å². The van der Waals surface area contributed by atoms with Crippen molar-refractivity contribution in [3.8, 4) is 11.5 Å². The standard InChI is InChI=1S/C12H18O5/c1-15-10-5-4-8(6-11(10)16-2)12(17-3)9(14)7-13/h4-6,9,12-14H,7H2,1-3H3/t9-,12+/m1/s1. The summed E-state index contributed by atoms with van der Waals surface area (Å²) in [6.45, 7) is -0.368. The van der Waals surface area contributed by atoms with E-state index in [2.05, 4.69) is 0 Å². The maximum Gasteiger partial charge on any atom is 0.161 e. The van der Waals surface area contributed by atoms with Gasteiger partial charge in [0.05, 0.1) is 20.8 Å². The predicted octanol–water partition coefficient (Wildman–Crippen LogP) is 0.744. The summed E-state index contributed by atoms with van der Waals surface area (Å²) in [5, 5.41) is 18.6. The van der Waals surface area contributed by atoms with Gasteiger partial charge in [0, 0.05) is 7.11 Å². The third-order valence-corrected chi connectivity index (χ3v) is 2.53. The highest BCUT2D eigenvalue weighted by atomic mass is 16.5. The molecule has 0 spiro atoms. The van der Waals surface area contributed by atoms with E-state index in [1.165, 1.54) is 14.2 Å². The van der Waals surface area contributed by atoms with Crippen LogP contribution in [0.15, 0.2) is 18.2 Å². The van der Waals surface area contributed by atoms with Gasteiger partial charge in [-0.05, 0) is 17.7 Å². The molecule has 0 saturated heterocycles. The van der Waals surface area contributed by atoms with Crippen molar-refractivity contribution in [1.29, 1.82) is 0 Å². The Labute approximate surface area is 101 Å². The number of benzene rings is 1. The van der Waals surface area contributed by atoms with E-state index in [1.807, 2.05) is 0 Å². The first-order valence-electron chi connectivity index (χ1n) is 5.21. The molecule has 0 aliphatic carbocycles. The van der Waals surface area contributed by atoms with Gasteiger partial charge in [-0.3, -0.25) is 0 Å². The lowest BCUT2D eigenvalue weighted by atomic mass is 10.0. The molecule has 0 unspecified atom stereocenters. The van der Waals surface area contributed by atoms with Crippen molar-refractivity contribution < 1.29 is 24.4 Å². The summed E-state index contributed by atoms with van der Waals surface area (Å²) in [5.41, 5.74) is 0.715. The fraction of sp³-hybridized carbons (Fsp3) is 0.500. The van der Waals surface area contributed by atoms with E-state index in [4.69, 9.17) is 19.3 Å². The molecule has 5 nitrogen and oxygen atoms in total. The highest BCUT2D eigenvalue weighted by molar-refractivity contribution is 5.43. The number of methoxy groups -OCH3 is 3. The van der Waals surface area contributed by atoms with Crippen molar-refractivity contribution in [2.45, 2.75) is 12.2 Å². The highest BCUT2D eigenvalue weighted by Crippen LogP contribution is 2.31. The van der Waals surface area contributed by atoms with Gasteiger partial charge in [0.25, 0.3) is 0 Å². The third kappa shape index (κ3) is 3.09. The molecule has 0 aliphatic rings. The topological polar surface area (TPSA) is 68.2 Å². The molecule has 96 valence electrons. The van der Waals surface area contributed by atoms with Gasteiger partial charge in [0.15, 0.2) is 11.5 Å². The highest BCUT2D eigenvalue weighted by Gasteiger charge is 2.21. The van der Waals surface area contributed by atoms with Crippen molar-refractivity contribution in [2.75, 3.05) is 27.9 Å². The molecule has 0 amide bonds. The second kappa shape index (κ2) is 6.44. The Bertz CT molecular complexity index is 353. The molecule has 2 atom stereocenters. The second-order valence-electron chi connectivity index (χ2n) is 3.52. The average Bonchev–Trinajstić information content (AvgIpc) is 2.38. The number of ether oxygens (including phenoxy) is 3. The molecule has 0 bridgehead atoms. The van der Waals surface area contributed by atoms with Crippen molar-refractivity contribution in [3.63, 3.8) is 0 Å². The molecule has 1 rings (SSSR count). The molecule has 0 aromatic heterocycles. The number of aliphatic hydroxyl groups excluding tert-OH is 2. The summed E-state index contributed by atoms with van der Waals surface area (Å²) < 4.78 is 15.4. The lowest BCUT2D eigenvalue weighted by Crippen LogP contribution is -2.23. The largest absolute Gasteiger partial charge is 0.493 e. The lowest BCUT2D eigenvalue weighted by molar-refractivity contribution is -0.0393. The smallest absolute Gasteiger partial charge is 0.161 e. The van der Waals surface area contributed by atoms with Crippen molar-refractivity contribution in [2.24, 2.45) is 0 Å². The summed E-state index contributed by atoms with van der Waals surface area (Å²) in [6, 6.07) is 5.20.